The number of nitrogens with zero attached hydrogens (tertiary/aromatic N) is 2. The maximum absolute atomic E-state index is 11.9. The van der Waals surface area contributed by atoms with E-state index in [1.807, 2.05) is 34.6 Å². The van der Waals surface area contributed by atoms with Gasteiger partial charge in [-0.25, -0.2) is 0 Å². The molecule has 1 heterocycles. The number of rotatable bonds is 2. The Morgan fingerprint density at radius 3 is 2.39 bits per heavy atom. The van der Waals surface area contributed by atoms with E-state index < -0.39 is 0 Å². The lowest BCUT2D eigenvalue weighted by Crippen LogP contribution is -2.42. The van der Waals surface area contributed by atoms with Crippen LogP contribution in [0.25, 0.3) is 0 Å². The van der Waals surface area contributed by atoms with E-state index in [0.717, 1.165) is 11.3 Å². The molecule has 0 unspecified atom stereocenters. The van der Waals surface area contributed by atoms with E-state index in [1.165, 1.54) is 0 Å². The Bertz CT molecular complexity index is 515. The minimum Gasteiger partial charge on any atom is -0.384 e. The van der Waals surface area contributed by atoms with Crippen molar-refractivity contribution in [1.82, 2.24) is 9.88 Å². The van der Waals surface area contributed by atoms with Crippen molar-refractivity contribution in [3.05, 3.63) is 16.8 Å². The number of nitrogen functional groups attached to an aromatic ring is 1. The summed E-state index contributed by atoms with van der Waals surface area (Å²) in [7, 11) is 0. The average molecular weight is 248 g/mol. The molecule has 0 aliphatic rings. The van der Waals surface area contributed by atoms with Crippen molar-refractivity contribution in [2.24, 2.45) is 0 Å². The molecule has 1 aromatic rings. The maximum Gasteiger partial charge on any atom is 0.240 e. The van der Waals surface area contributed by atoms with Crippen LogP contribution < -0.4 is 11.1 Å². The second-order valence-corrected chi connectivity index (χ2v) is 5.47. The molecule has 0 aliphatic heterocycles. The van der Waals surface area contributed by atoms with Crippen LogP contribution in [0.4, 0.5) is 5.82 Å². The SMILES string of the molecule is Cc1c(C#N)c(N)n(CC(=O)NC(C)(C)C)c1C. The summed E-state index contributed by atoms with van der Waals surface area (Å²) in [5.41, 5.74) is 7.75. The van der Waals surface area contributed by atoms with Gasteiger partial charge in [0, 0.05) is 11.2 Å². The number of amides is 1. The predicted molar refractivity (Wildman–Crippen MR) is 70.9 cm³/mol. The first-order valence-corrected chi connectivity index (χ1v) is 5.83. The molecule has 1 rings (SSSR count). The van der Waals surface area contributed by atoms with Gasteiger partial charge in [0.1, 0.15) is 18.4 Å². The summed E-state index contributed by atoms with van der Waals surface area (Å²) < 4.78 is 1.68. The van der Waals surface area contributed by atoms with E-state index in [2.05, 4.69) is 11.4 Å². The first-order valence-electron chi connectivity index (χ1n) is 5.83. The van der Waals surface area contributed by atoms with Gasteiger partial charge in [-0.15, -0.1) is 0 Å². The third-order valence-corrected chi connectivity index (χ3v) is 2.80. The zero-order chi connectivity index (χ0) is 14.1. The molecule has 18 heavy (non-hydrogen) atoms. The van der Waals surface area contributed by atoms with Crippen molar-refractivity contribution in [2.45, 2.75) is 46.7 Å². The highest BCUT2D eigenvalue weighted by atomic mass is 16.2. The Kier molecular flexibility index (Phi) is 3.70. The third kappa shape index (κ3) is 2.83. The van der Waals surface area contributed by atoms with Crippen LogP contribution in [0.15, 0.2) is 0 Å². The van der Waals surface area contributed by atoms with Crippen molar-refractivity contribution in [3.63, 3.8) is 0 Å². The Balaban J connectivity index is 3.00. The van der Waals surface area contributed by atoms with Crippen molar-refractivity contribution in [2.75, 3.05) is 5.73 Å². The quantitative estimate of drug-likeness (QED) is 0.831. The zero-order valence-corrected chi connectivity index (χ0v) is 11.6. The van der Waals surface area contributed by atoms with E-state index in [0.29, 0.717) is 11.4 Å². The van der Waals surface area contributed by atoms with Gasteiger partial charge in [-0.1, -0.05) is 0 Å². The summed E-state index contributed by atoms with van der Waals surface area (Å²) in [5, 5.41) is 11.9. The molecule has 0 fully saturated rings. The number of aromatic nitrogens is 1. The second-order valence-electron chi connectivity index (χ2n) is 5.47. The molecule has 1 aromatic heterocycles. The van der Waals surface area contributed by atoms with Crippen LogP contribution in [0.2, 0.25) is 0 Å². The summed E-state index contributed by atoms with van der Waals surface area (Å²) in [4.78, 5) is 11.9. The average Bonchev–Trinajstić information content (AvgIpc) is 2.40. The molecule has 0 aromatic carbocycles. The highest BCUT2D eigenvalue weighted by Gasteiger charge is 2.19. The van der Waals surface area contributed by atoms with Gasteiger partial charge in [0.05, 0.1) is 5.56 Å². The maximum atomic E-state index is 11.9. The minimum absolute atomic E-state index is 0.114. The van der Waals surface area contributed by atoms with Gasteiger partial charge in [-0.2, -0.15) is 5.26 Å². The number of carbonyl (C=O) groups excluding carboxylic acids is 1. The molecule has 3 N–H and O–H groups in total. The number of hydrogen-bond donors (Lipinski definition) is 2. The molecule has 0 bridgehead atoms. The highest BCUT2D eigenvalue weighted by molar-refractivity contribution is 5.77. The van der Waals surface area contributed by atoms with Crippen LogP contribution in [0.1, 0.15) is 37.6 Å². The molecule has 0 spiro atoms. The van der Waals surface area contributed by atoms with Crippen molar-refractivity contribution >= 4 is 11.7 Å². The standard InChI is InChI=1S/C13H20N4O/c1-8-9(2)17(12(15)10(8)6-14)7-11(18)16-13(3,4)5/h7,15H2,1-5H3,(H,16,18). The summed E-state index contributed by atoms with van der Waals surface area (Å²) >= 11 is 0. The molecule has 0 saturated heterocycles. The monoisotopic (exact) mass is 248 g/mol. The fourth-order valence-corrected chi connectivity index (χ4v) is 1.84. The lowest BCUT2D eigenvalue weighted by Gasteiger charge is -2.21. The lowest BCUT2D eigenvalue weighted by molar-refractivity contribution is -0.123. The van der Waals surface area contributed by atoms with Crippen molar-refractivity contribution in [3.8, 4) is 6.07 Å². The molecule has 0 aliphatic carbocycles. The number of hydrogen-bond acceptors (Lipinski definition) is 3. The Morgan fingerprint density at radius 2 is 2.00 bits per heavy atom. The van der Waals surface area contributed by atoms with Crippen LogP contribution >= 0.6 is 0 Å². The van der Waals surface area contributed by atoms with Crippen LogP contribution in [0.5, 0.6) is 0 Å². The fraction of sp³-hybridized carbons (Fsp3) is 0.538. The van der Waals surface area contributed by atoms with Gasteiger partial charge in [0.2, 0.25) is 5.91 Å². The van der Waals surface area contributed by atoms with Crippen LogP contribution in [-0.4, -0.2) is 16.0 Å². The van der Waals surface area contributed by atoms with E-state index in [1.54, 1.807) is 4.57 Å². The van der Waals surface area contributed by atoms with E-state index >= 15 is 0 Å². The largest absolute Gasteiger partial charge is 0.384 e. The molecular weight excluding hydrogens is 228 g/mol. The summed E-state index contributed by atoms with van der Waals surface area (Å²) in [6.07, 6.45) is 0. The van der Waals surface area contributed by atoms with Crippen LogP contribution in [-0.2, 0) is 11.3 Å². The molecule has 5 nitrogen and oxygen atoms in total. The Labute approximate surface area is 108 Å². The van der Waals surface area contributed by atoms with E-state index in [-0.39, 0.29) is 18.0 Å². The second kappa shape index (κ2) is 4.73. The van der Waals surface area contributed by atoms with Crippen LogP contribution in [0, 0.1) is 25.2 Å². The van der Waals surface area contributed by atoms with Crippen molar-refractivity contribution < 1.29 is 4.79 Å². The molecule has 0 atom stereocenters. The van der Waals surface area contributed by atoms with Crippen molar-refractivity contribution in [1.29, 1.82) is 5.26 Å². The third-order valence-electron chi connectivity index (χ3n) is 2.80. The van der Waals surface area contributed by atoms with Gasteiger partial charge < -0.3 is 15.6 Å². The number of carbonyl (C=O) groups is 1. The normalized spacial score (nSPS) is 11.1. The fourth-order valence-electron chi connectivity index (χ4n) is 1.84. The number of nitrogens with two attached hydrogens (primary N) is 1. The molecule has 5 heteroatoms. The van der Waals surface area contributed by atoms with E-state index in [9.17, 15) is 4.79 Å². The number of anilines is 1. The molecule has 0 saturated carbocycles. The van der Waals surface area contributed by atoms with Gasteiger partial charge in [0.15, 0.2) is 0 Å². The molecule has 98 valence electrons. The minimum atomic E-state index is -0.278. The summed E-state index contributed by atoms with van der Waals surface area (Å²) in [5.74, 6) is 0.244. The first-order chi connectivity index (χ1) is 8.17. The summed E-state index contributed by atoms with van der Waals surface area (Å²) in [6.45, 7) is 9.59. The molecule has 1 amide bonds. The van der Waals surface area contributed by atoms with Gasteiger partial charge in [0.25, 0.3) is 0 Å². The Hall–Kier alpha value is -1.96. The smallest absolute Gasteiger partial charge is 0.240 e. The Morgan fingerprint density at radius 1 is 1.44 bits per heavy atom. The highest BCUT2D eigenvalue weighted by Crippen LogP contribution is 2.23. The number of nitrogens with one attached hydrogen (secondary N) is 1. The zero-order valence-electron chi connectivity index (χ0n) is 11.6. The predicted octanol–water partition coefficient (Wildman–Crippen LogP) is 1.47. The number of nitriles is 1. The van der Waals surface area contributed by atoms with Crippen LogP contribution in [0.3, 0.4) is 0 Å². The topological polar surface area (TPSA) is 83.8 Å². The summed E-state index contributed by atoms with van der Waals surface area (Å²) in [6, 6.07) is 2.07. The van der Waals surface area contributed by atoms with Gasteiger partial charge in [-0.05, 0) is 40.2 Å². The van der Waals surface area contributed by atoms with Gasteiger partial charge in [-0.3, -0.25) is 4.79 Å². The molecular formula is C13H20N4O. The lowest BCUT2D eigenvalue weighted by atomic mass is 10.1. The molecule has 0 radical (unpaired) electrons. The first kappa shape index (κ1) is 14.1. The van der Waals surface area contributed by atoms with E-state index in [4.69, 9.17) is 11.0 Å². The van der Waals surface area contributed by atoms with Gasteiger partial charge >= 0.3 is 0 Å².